The van der Waals surface area contributed by atoms with Gasteiger partial charge in [0.1, 0.15) is 5.65 Å². The van der Waals surface area contributed by atoms with Crippen molar-refractivity contribution < 1.29 is 9.53 Å². The van der Waals surface area contributed by atoms with E-state index in [1.54, 1.807) is 0 Å². The molecule has 1 N–H and O–H groups in total. The average molecular weight is 323 g/mol. The molecule has 1 aliphatic rings. The molecule has 22 heavy (non-hydrogen) atoms. The first kappa shape index (κ1) is 15.3. The van der Waals surface area contributed by atoms with Crippen LogP contribution in [0.4, 0.5) is 0 Å². The Morgan fingerprint density at radius 3 is 3.00 bits per heavy atom. The molecular weight excluding hydrogens is 304 g/mol. The standard InChI is InChI=1S/C15H19ClN4O2/c16-15-12(20-6-2-1-3-13(20)18-15)11-17-5-4-14(21)19-7-9-22-10-8-19/h1-3,6,17H,4-5,7-11H2. The van der Waals surface area contributed by atoms with Crippen molar-refractivity contribution in [2.24, 2.45) is 0 Å². The van der Waals surface area contributed by atoms with Crippen molar-refractivity contribution >= 4 is 23.2 Å². The third kappa shape index (κ3) is 3.40. The van der Waals surface area contributed by atoms with Crippen molar-refractivity contribution in [3.63, 3.8) is 0 Å². The van der Waals surface area contributed by atoms with Gasteiger partial charge in [0.2, 0.25) is 5.91 Å². The summed E-state index contributed by atoms with van der Waals surface area (Å²) in [4.78, 5) is 18.2. The number of imidazole rings is 1. The van der Waals surface area contributed by atoms with E-state index < -0.39 is 0 Å². The number of morpholine rings is 1. The maximum atomic E-state index is 12.0. The molecule has 6 nitrogen and oxygen atoms in total. The van der Waals surface area contributed by atoms with Crippen LogP contribution < -0.4 is 5.32 Å². The lowest BCUT2D eigenvalue weighted by atomic mass is 10.3. The molecule has 2 aromatic rings. The van der Waals surface area contributed by atoms with Crippen LogP contribution in [0.15, 0.2) is 24.4 Å². The van der Waals surface area contributed by atoms with Crippen LogP contribution in [0, 0.1) is 0 Å². The van der Waals surface area contributed by atoms with E-state index in [9.17, 15) is 4.79 Å². The van der Waals surface area contributed by atoms with Crippen molar-refractivity contribution in [3.8, 4) is 0 Å². The predicted octanol–water partition coefficient (Wildman–Crippen LogP) is 1.33. The van der Waals surface area contributed by atoms with Gasteiger partial charge in [-0.1, -0.05) is 17.7 Å². The minimum atomic E-state index is 0.167. The third-order valence-electron chi connectivity index (χ3n) is 3.75. The van der Waals surface area contributed by atoms with Crippen LogP contribution in [0.25, 0.3) is 5.65 Å². The van der Waals surface area contributed by atoms with Crippen LogP contribution in [0.1, 0.15) is 12.1 Å². The minimum absolute atomic E-state index is 0.167. The van der Waals surface area contributed by atoms with Crippen molar-refractivity contribution in [2.75, 3.05) is 32.8 Å². The first-order valence-corrected chi connectivity index (χ1v) is 7.81. The van der Waals surface area contributed by atoms with Gasteiger partial charge in [-0.2, -0.15) is 0 Å². The highest BCUT2D eigenvalue weighted by atomic mass is 35.5. The molecule has 0 aliphatic carbocycles. The van der Waals surface area contributed by atoms with Gasteiger partial charge in [0.25, 0.3) is 0 Å². The van der Waals surface area contributed by atoms with E-state index in [0.29, 0.717) is 51.0 Å². The number of fused-ring (bicyclic) bond motifs is 1. The van der Waals surface area contributed by atoms with Crippen LogP contribution in [0.3, 0.4) is 0 Å². The van der Waals surface area contributed by atoms with Gasteiger partial charge >= 0.3 is 0 Å². The van der Waals surface area contributed by atoms with Gasteiger partial charge in [0, 0.05) is 38.8 Å². The summed E-state index contributed by atoms with van der Waals surface area (Å²) in [6, 6.07) is 5.78. The number of amides is 1. The second-order valence-corrected chi connectivity index (χ2v) is 5.56. The first-order chi connectivity index (χ1) is 10.8. The third-order valence-corrected chi connectivity index (χ3v) is 4.05. The van der Waals surface area contributed by atoms with Gasteiger partial charge in [0.15, 0.2) is 5.15 Å². The van der Waals surface area contributed by atoms with E-state index in [4.69, 9.17) is 16.3 Å². The molecule has 0 unspecified atom stereocenters. The molecule has 1 fully saturated rings. The molecule has 0 aromatic carbocycles. The van der Waals surface area contributed by atoms with Gasteiger partial charge in [-0.25, -0.2) is 4.98 Å². The summed E-state index contributed by atoms with van der Waals surface area (Å²) in [6.07, 6.45) is 2.42. The maximum Gasteiger partial charge on any atom is 0.224 e. The van der Waals surface area contributed by atoms with Crippen molar-refractivity contribution in [3.05, 3.63) is 35.2 Å². The Labute approximate surface area is 134 Å². The Morgan fingerprint density at radius 1 is 1.36 bits per heavy atom. The number of hydrogen-bond donors (Lipinski definition) is 1. The van der Waals surface area contributed by atoms with Gasteiger partial charge in [-0.3, -0.25) is 4.79 Å². The number of hydrogen-bond acceptors (Lipinski definition) is 4. The van der Waals surface area contributed by atoms with Crippen LogP contribution in [-0.2, 0) is 16.1 Å². The van der Waals surface area contributed by atoms with Crippen LogP contribution >= 0.6 is 11.6 Å². The number of rotatable bonds is 5. The lowest BCUT2D eigenvalue weighted by Crippen LogP contribution is -2.41. The molecule has 3 heterocycles. The fourth-order valence-electron chi connectivity index (χ4n) is 2.55. The van der Waals surface area contributed by atoms with E-state index in [1.165, 1.54) is 0 Å². The molecule has 0 radical (unpaired) electrons. The molecule has 118 valence electrons. The molecule has 0 saturated carbocycles. The van der Waals surface area contributed by atoms with Gasteiger partial charge in [-0.15, -0.1) is 0 Å². The van der Waals surface area contributed by atoms with Crippen molar-refractivity contribution in [1.82, 2.24) is 19.6 Å². The Bertz CT molecular complexity index is 652. The highest BCUT2D eigenvalue weighted by Crippen LogP contribution is 2.17. The summed E-state index contributed by atoms with van der Waals surface area (Å²) in [5.41, 5.74) is 1.74. The van der Waals surface area contributed by atoms with Crippen molar-refractivity contribution in [2.45, 2.75) is 13.0 Å². The zero-order valence-corrected chi connectivity index (χ0v) is 13.1. The Kier molecular flexibility index (Phi) is 4.92. The summed E-state index contributed by atoms with van der Waals surface area (Å²) in [5.74, 6) is 0.167. The number of ether oxygens (including phenoxy) is 1. The Hall–Kier alpha value is -1.63. The van der Waals surface area contributed by atoms with Crippen LogP contribution in [0.5, 0.6) is 0 Å². The second kappa shape index (κ2) is 7.09. The monoisotopic (exact) mass is 322 g/mol. The number of halogens is 1. The molecule has 1 aliphatic heterocycles. The van der Waals surface area contributed by atoms with E-state index >= 15 is 0 Å². The van der Waals surface area contributed by atoms with Crippen LogP contribution in [-0.4, -0.2) is 53.0 Å². The Balaban J connectivity index is 1.50. The SMILES string of the molecule is O=C(CCNCc1c(Cl)nc2ccccn12)N1CCOCC1. The molecule has 3 rings (SSSR count). The summed E-state index contributed by atoms with van der Waals surface area (Å²) < 4.78 is 7.20. The summed E-state index contributed by atoms with van der Waals surface area (Å²) in [6.45, 7) is 3.86. The lowest BCUT2D eigenvalue weighted by Gasteiger charge is -2.26. The molecular formula is C15H19ClN4O2. The zero-order valence-electron chi connectivity index (χ0n) is 12.3. The Morgan fingerprint density at radius 2 is 2.18 bits per heavy atom. The van der Waals surface area contributed by atoms with Gasteiger partial charge in [-0.05, 0) is 12.1 Å². The van der Waals surface area contributed by atoms with E-state index in [1.807, 2.05) is 33.7 Å². The van der Waals surface area contributed by atoms with E-state index in [2.05, 4.69) is 10.3 Å². The first-order valence-electron chi connectivity index (χ1n) is 7.43. The van der Waals surface area contributed by atoms with E-state index in [-0.39, 0.29) is 5.91 Å². The quantitative estimate of drug-likeness (QED) is 0.844. The largest absolute Gasteiger partial charge is 0.378 e. The van der Waals surface area contributed by atoms with Gasteiger partial charge in [0.05, 0.1) is 18.9 Å². The number of carbonyl (C=O) groups is 1. The molecule has 1 saturated heterocycles. The summed E-state index contributed by atoms with van der Waals surface area (Å²) in [5, 5.41) is 3.77. The fourth-order valence-corrected chi connectivity index (χ4v) is 2.79. The highest BCUT2D eigenvalue weighted by Gasteiger charge is 2.16. The molecule has 1 amide bonds. The number of nitrogens with zero attached hydrogens (tertiary/aromatic N) is 3. The summed E-state index contributed by atoms with van der Waals surface area (Å²) in [7, 11) is 0. The van der Waals surface area contributed by atoms with Crippen LogP contribution in [0.2, 0.25) is 5.15 Å². The predicted molar refractivity (Wildman–Crippen MR) is 83.9 cm³/mol. The zero-order chi connectivity index (χ0) is 15.4. The molecule has 2 aromatic heterocycles. The number of carbonyl (C=O) groups excluding carboxylic acids is 1. The van der Waals surface area contributed by atoms with Gasteiger partial charge < -0.3 is 19.4 Å². The summed E-state index contributed by atoms with van der Waals surface area (Å²) >= 11 is 6.17. The number of nitrogens with one attached hydrogen (secondary N) is 1. The molecule has 0 bridgehead atoms. The van der Waals surface area contributed by atoms with E-state index in [0.717, 1.165) is 11.3 Å². The molecule has 7 heteroatoms. The molecule has 0 spiro atoms. The number of aromatic nitrogens is 2. The lowest BCUT2D eigenvalue weighted by molar-refractivity contribution is -0.135. The minimum Gasteiger partial charge on any atom is -0.378 e. The molecule has 0 atom stereocenters. The topological polar surface area (TPSA) is 58.9 Å². The normalized spacial score (nSPS) is 15.4. The maximum absolute atomic E-state index is 12.0. The smallest absolute Gasteiger partial charge is 0.224 e. The fraction of sp³-hybridized carbons (Fsp3) is 0.467. The highest BCUT2D eigenvalue weighted by molar-refractivity contribution is 6.30. The van der Waals surface area contributed by atoms with Crippen molar-refractivity contribution in [1.29, 1.82) is 0 Å². The number of pyridine rings is 1. The second-order valence-electron chi connectivity index (χ2n) is 5.20. The average Bonchev–Trinajstić information content (AvgIpc) is 2.88.